The van der Waals surface area contributed by atoms with Crippen LogP contribution in [0.4, 0.5) is 0 Å². The van der Waals surface area contributed by atoms with Crippen molar-refractivity contribution in [3.63, 3.8) is 0 Å². The van der Waals surface area contributed by atoms with Crippen LogP contribution in [0.3, 0.4) is 0 Å². The first-order valence-corrected chi connectivity index (χ1v) is 7.33. The molecule has 0 bridgehead atoms. The largest absolute Gasteiger partial charge is 0.392 e. The van der Waals surface area contributed by atoms with Gasteiger partial charge in [-0.1, -0.05) is 18.6 Å². The summed E-state index contributed by atoms with van der Waals surface area (Å²) in [5.41, 5.74) is 5.18. The van der Waals surface area contributed by atoms with E-state index in [9.17, 15) is 4.79 Å². The second kappa shape index (κ2) is 5.73. The van der Waals surface area contributed by atoms with Gasteiger partial charge >= 0.3 is 0 Å². The standard InChI is InChI=1S/C13H24N4OS/c1-16-6-7-17(2)10(9-16)8-15-12(18)13(11(14)19)4-3-5-13/h10H,3-9H2,1-2H3,(H2,14,19)(H,15,18). The average molecular weight is 284 g/mol. The smallest absolute Gasteiger partial charge is 0.233 e. The van der Waals surface area contributed by atoms with Crippen molar-refractivity contribution in [2.24, 2.45) is 11.1 Å². The zero-order chi connectivity index (χ0) is 14.0. The molecule has 0 aromatic carbocycles. The molecule has 0 spiro atoms. The summed E-state index contributed by atoms with van der Waals surface area (Å²) >= 11 is 5.07. The van der Waals surface area contributed by atoms with E-state index in [0.717, 1.165) is 38.9 Å². The van der Waals surface area contributed by atoms with Crippen molar-refractivity contribution in [1.29, 1.82) is 0 Å². The van der Waals surface area contributed by atoms with Crippen molar-refractivity contribution >= 4 is 23.1 Å². The molecule has 0 radical (unpaired) electrons. The quantitative estimate of drug-likeness (QED) is 0.701. The second-order valence-electron chi connectivity index (χ2n) is 5.91. The minimum atomic E-state index is -0.561. The minimum absolute atomic E-state index is 0.0212. The summed E-state index contributed by atoms with van der Waals surface area (Å²) < 4.78 is 0. The van der Waals surface area contributed by atoms with Gasteiger partial charge in [0.1, 0.15) is 0 Å². The van der Waals surface area contributed by atoms with Crippen molar-refractivity contribution in [2.45, 2.75) is 25.3 Å². The molecule has 6 heteroatoms. The monoisotopic (exact) mass is 284 g/mol. The highest BCUT2D eigenvalue weighted by Crippen LogP contribution is 2.41. The van der Waals surface area contributed by atoms with Crippen molar-refractivity contribution in [2.75, 3.05) is 40.3 Å². The van der Waals surface area contributed by atoms with Gasteiger partial charge < -0.3 is 16.0 Å². The number of carbonyl (C=O) groups is 1. The van der Waals surface area contributed by atoms with Crippen LogP contribution in [0.25, 0.3) is 0 Å². The Morgan fingerprint density at radius 2 is 2.11 bits per heavy atom. The molecule has 1 saturated carbocycles. The molecule has 2 aliphatic rings. The molecule has 1 aliphatic carbocycles. The third kappa shape index (κ3) is 2.90. The van der Waals surface area contributed by atoms with E-state index in [0.29, 0.717) is 17.6 Å². The normalized spacial score (nSPS) is 27.6. The molecule has 1 saturated heterocycles. The molecule has 1 aliphatic heterocycles. The summed E-state index contributed by atoms with van der Waals surface area (Å²) in [4.78, 5) is 17.3. The highest BCUT2D eigenvalue weighted by molar-refractivity contribution is 7.80. The summed E-state index contributed by atoms with van der Waals surface area (Å²) in [6, 6.07) is 0.367. The van der Waals surface area contributed by atoms with Crippen molar-refractivity contribution in [3.05, 3.63) is 0 Å². The van der Waals surface area contributed by atoms with Gasteiger partial charge in [-0.2, -0.15) is 0 Å². The molecule has 1 heterocycles. The summed E-state index contributed by atoms with van der Waals surface area (Å²) in [7, 11) is 4.22. The van der Waals surface area contributed by atoms with Gasteiger partial charge in [-0.05, 0) is 26.9 Å². The van der Waals surface area contributed by atoms with Gasteiger partial charge in [0.05, 0.1) is 10.4 Å². The maximum Gasteiger partial charge on any atom is 0.233 e. The lowest BCUT2D eigenvalue weighted by molar-refractivity contribution is -0.131. The van der Waals surface area contributed by atoms with Crippen LogP contribution in [0.2, 0.25) is 0 Å². The number of likely N-dealkylation sites (N-methyl/N-ethyl adjacent to an activating group) is 2. The summed E-state index contributed by atoms with van der Waals surface area (Å²) in [6.45, 7) is 3.77. The molecule has 0 aromatic rings. The first-order valence-electron chi connectivity index (χ1n) is 6.93. The molecule has 3 N–H and O–H groups in total. The van der Waals surface area contributed by atoms with Crippen molar-refractivity contribution in [3.8, 4) is 0 Å². The van der Waals surface area contributed by atoms with Crippen molar-refractivity contribution < 1.29 is 4.79 Å². The van der Waals surface area contributed by atoms with Gasteiger partial charge in [-0.15, -0.1) is 0 Å². The second-order valence-corrected chi connectivity index (χ2v) is 6.35. The Balaban J connectivity index is 1.87. The lowest BCUT2D eigenvalue weighted by Crippen LogP contribution is -2.58. The van der Waals surface area contributed by atoms with Crippen LogP contribution in [0.15, 0.2) is 0 Å². The number of nitrogens with one attached hydrogen (secondary N) is 1. The van der Waals surface area contributed by atoms with E-state index in [1.54, 1.807) is 0 Å². The molecule has 1 atom stereocenters. The third-order valence-electron chi connectivity index (χ3n) is 4.59. The predicted octanol–water partition coefficient (Wildman–Crippen LogP) is -0.195. The Morgan fingerprint density at radius 1 is 1.42 bits per heavy atom. The topological polar surface area (TPSA) is 61.6 Å². The van der Waals surface area contributed by atoms with E-state index in [-0.39, 0.29) is 5.91 Å². The predicted molar refractivity (Wildman–Crippen MR) is 80.0 cm³/mol. The number of hydrogen-bond donors (Lipinski definition) is 2. The van der Waals surface area contributed by atoms with Gasteiger partial charge in [0.25, 0.3) is 0 Å². The van der Waals surface area contributed by atoms with Gasteiger partial charge in [0, 0.05) is 32.2 Å². The fourth-order valence-corrected chi connectivity index (χ4v) is 3.11. The first kappa shape index (κ1) is 14.7. The molecule has 0 aromatic heterocycles. The molecule has 108 valence electrons. The number of nitrogens with two attached hydrogens (primary N) is 1. The molecule has 1 amide bonds. The number of piperazine rings is 1. The number of amides is 1. The van der Waals surface area contributed by atoms with Crippen LogP contribution in [0, 0.1) is 5.41 Å². The highest BCUT2D eigenvalue weighted by Gasteiger charge is 2.46. The van der Waals surface area contributed by atoms with Crippen LogP contribution in [-0.4, -0.2) is 67.0 Å². The Hall–Kier alpha value is -0.720. The maximum atomic E-state index is 12.3. The summed E-state index contributed by atoms with van der Waals surface area (Å²) in [5, 5.41) is 3.05. The zero-order valence-electron chi connectivity index (χ0n) is 11.8. The van der Waals surface area contributed by atoms with Gasteiger partial charge in [0.15, 0.2) is 0 Å². The Morgan fingerprint density at radius 3 is 2.63 bits per heavy atom. The molecular formula is C13H24N4OS. The lowest BCUT2D eigenvalue weighted by atomic mass is 9.68. The van der Waals surface area contributed by atoms with E-state index in [4.69, 9.17) is 18.0 Å². The average Bonchev–Trinajstić information content (AvgIpc) is 2.28. The van der Waals surface area contributed by atoms with Crippen molar-refractivity contribution in [1.82, 2.24) is 15.1 Å². The van der Waals surface area contributed by atoms with E-state index in [2.05, 4.69) is 29.2 Å². The molecule has 1 unspecified atom stereocenters. The Labute approximate surface area is 120 Å². The number of rotatable bonds is 4. The number of nitrogens with zero attached hydrogens (tertiary/aromatic N) is 2. The van der Waals surface area contributed by atoms with Gasteiger partial charge in [0.2, 0.25) is 5.91 Å². The van der Waals surface area contributed by atoms with Gasteiger partial charge in [-0.3, -0.25) is 9.69 Å². The SMILES string of the molecule is CN1CCN(C)C(CNC(=O)C2(C(N)=S)CCC2)C1. The molecule has 2 rings (SSSR count). The molecular weight excluding hydrogens is 260 g/mol. The van der Waals surface area contributed by atoms with Crippen LogP contribution in [-0.2, 0) is 4.79 Å². The van der Waals surface area contributed by atoms with E-state index < -0.39 is 5.41 Å². The van der Waals surface area contributed by atoms with E-state index in [1.807, 2.05) is 0 Å². The Kier molecular flexibility index (Phi) is 4.43. The minimum Gasteiger partial charge on any atom is -0.392 e. The highest BCUT2D eigenvalue weighted by atomic mass is 32.1. The van der Waals surface area contributed by atoms with Crippen LogP contribution in [0.1, 0.15) is 19.3 Å². The molecule has 5 nitrogen and oxygen atoms in total. The molecule has 19 heavy (non-hydrogen) atoms. The summed E-state index contributed by atoms with van der Waals surface area (Å²) in [5.74, 6) is 0.0212. The van der Waals surface area contributed by atoms with Crippen LogP contribution >= 0.6 is 12.2 Å². The van der Waals surface area contributed by atoms with Crippen LogP contribution < -0.4 is 11.1 Å². The number of carbonyl (C=O) groups excluding carboxylic acids is 1. The number of hydrogen-bond acceptors (Lipinski definition) is 4. The van der Waals surface area contributed by atoms with Gasteiger partial charge in [-0.25, -0.2) is 0 Å². The lowest BCUT2D eigenvalue weighted by Gasteiger charge is -2.41. The first-order chi connectivity index (χ1) is 8.95. The maximum absolute atomic E-state index is 12.3. The Bertz CT molecular complexity index is 370. The molecule has 2 fully saturated rings. The fraction of sp³-hybridized carbons (Fsp3) is 0.846. The van der Waals surface area contributed by atoms with E-state index in [1.165, 1.54) is 0 Å². The fourth-order valence-electron chi connectivity index (χ4n) is 2.82. The summed E-state index contributed by atoms with van der Waals surface area (Å²) in [6.07, 6.45) is 2.64. The van der Waals surface area contributed by atoms with Crippen LogP contribution in [0.5, 0.6) is 0 Å². The zero-order valence-corrected chi connectivity index (χ0v) is 12.6. The number of thiocarbonyl (C=S) groups is 1. The van der Waals surface area contributed by atoms with E-state index >= 15 is 0 Å². The third-order valence-corrected chi connectivity index (χ3v) is 4.98.